The molecule has 0 atom stereocenters. The highest BCUT2D eigenvalue weighted by molar-refractivity contribution is 5.89. The zero-order valence-electron chi connectivity index (χ0n) is 11.8. The Morgan fingerprint density at radius 2 is 1.65 bits per heavy atom. The van der Waals surface area contributed by atoms with Crippen molar-refractivity contribution < 1.29 is 14.3 Å². The molecule has 0 aromatic heterocycles. The average molecular weight is 274 g/mol. The number of hydrogen-bond acceptors (Lipinski definition) is 3. The van der Waals surface area contributed by atoms with Crippen LogP contribution < -0.4 is 0 Å². The van der Waals surface area contributed by atoms with Crippen LogP contribution in [0.2, 0.25) is 0 Å². The Hall–Kier alpha value is -1.90. The fraction of sp³-hybridized carbons (Fsp3) is 0.412. The number of carbonyl (C=O) groups excluding carboxylic acids is 2. The molecule has 0 saturated heterocycles. The van der Waals surface area contributed by atoms with Crippen molar-refractivity contribution in [2.45, 2.75) is 38.5 Å². The molecular formula is C17H22O3. The van der Waals surface area contributed by atoms with Crippen molar-refractivity contribution in [3.05, 3.63) is 48.6 Å². The van der Waals surface area contributed by atoms with Crippen molar-refractivity contribution in [2.75, 3.05) is 6.61 Å². The molecule has 0 aliphatic heterocycles. The van der Waals surface area contributed by atoms with Crippen LogP contribution in [-0.4, -0.2) is 18.4 Å². The number of rotatable bonds is 10. The van der Waals surface area contributed by atoms with E-state index in [0.29, 0.717) is 18.6 Å². The third kappa shape index (κ3) is 6.88. The van der Waals surface area contributed by atoms with Gasteiger partial charge in [0.15, 0.2) is 5.78 Å². The summed E-state index contributed by atoms with van der Waals surface area (Å²) in [7, 11) is 0. The van der Waals surface area contributed by atoms with Gasteiger partial charge >= 0.3 is 5.97 Å². The van der Waals surface area contributed by atoms with Gasteiger partial charge in [-0.3, -0.25) is 4.79 Å². The first kappa shape index (κ1) is 16.2. The van der Waals surface area contributed by atoms with Crippen LogP contribution in [0.25, 0.3) is 0 Å². The SMILES string of the molecule is C=CC(=O)CCCCCCCOC(=O)c1ccccc1. The van der Waals surface area contributed by atoms with Crippen LogP contribution in [0.1, 0.15) is 48.9 Å². The zero-order chi connectivity index (χ0) is 14.6. The van der Waals surface area contributed by atoms with Crippen LogP contribution >= 0.6 is 0 Å². The molecule has 0 heterocycles. The fourth-order valence-electron chi connectivity index (χ4n) is 1.86. The van der Waals surface area contributed by atoms with Crippen molar-refractivity contribution in [1.82, 2.24) is 0 Å². The Morgan fingerprint density at radius 3 is 2.35 bits per heavy atom. The number of hydrogen-bond donors (Lipinski definition) is 0. The number of esters is 1. The van der Waals surface area contributed by atoms with E-state index in [4.69, 9.17) is 4.74 Å². The van der Waals surface area contributed by atoms with Crippen LogP contribution in [0.3, 0.4) is 0 Å². The van der Waals surface area contributed by atoms with Gasteiger partial charge in [0.2, 0.25) is 0 Å². The summed E-state index contributed by atoms with van der Waals surface area (Å²) in [6.45, 7) is 3.90. The molecule has 3 heteroatoms. The van der Waals surface area contributed by atoms with Crippen molar-refractivity contribution in [1.29, 1.82) is 0 Å². The predicted octanol–water partition coefficient (Wildman–Crippen LogP) is 3.94. The summed E-state index contributed by atoms with van der Waals surface area (Å²) >= 11 is 0. The van der Waals surface area contributed by atoms with Gasteiger partial charge < -0.3 is 4.74 Å². The maximum absolute atomic E-state index is 11.6. The summed E-state index contributed by atoms with van der Waals surface area (Å²) in [5.74, 6) is -0.149. The highest BCUT2D eigenvalue weighted by Crippen LogP contribution is 2.07. The van der Waals surface area contributed by atoms with Crippen LogP contribution in [-0.2, 0) is 9.53 Å². The normalized spacial score (nSPS) is 10.0. The molecule has 0 aliphatic rings. The van der Waals surface area contributed by atoms with Gasteiger partial charge in [-0.1, -0.05) is 44.0 Å². The molecule has 1 aromatic carbocycles. The molecule has 3 nitrogen and oxygen atoms in total. The molecular weight excluding hydrogens is 252 g/mol. The van der Waals surface area contributed by atoms with E-state index in [1.807, 2.05) is 18.2 Å². The molecule has 0 unspecified atom stereocenters. The Bertz CT molecular complexity index is 423. The van der Waals surface area contributed by atoms with Gasteiger partial charge in [-0.2, -0.15) is 0 Å². The molecule has 0 amide bonds. The molecule has 20 heavy (non-hydrogen) atoms. The van der Waals surface area contributed by atoms with Gasteiger partial charge in [-0.15, -0.1) is 0 Å². The smallest absolute Gasteiger partial charge is 0.338 e. The van der Waals surface area contributed by atoms with Crippen molar-refractivity contribution in [3.8, 4) is 0 Å². The number of allylic oxidation sites excluding steroid dienone is 1. The summed E-state index contributed by atoms with van der Waals surface area (Å²) in [6.07, 6.45) is 6.86. The number of carbonyl (C=O) groups is 2. The molecule has 0 bridgehead atoms. The largest absolute Gasteiger partial charge is 0.462 e. The molecule has 0 aliphatic carbocycles. The number of ketones is 1. The van der Waals surface area contributed by atoms with Gasteiger partial charge in [-0.05, 0) is 31.1 Å². The minimum atomic E-state index is -0.262. The maximum atomic E-state index is 11.6. The molecule has 0 fully saturated rings. The van der Waals surface area contributed by atoms with E-state index in [1.54, 1.807) is 12.1 Å². The molecule has 1 rings (SSSR count). The summed E-state index contributed by atoms with van der Waals surface area (Å²) in [5.41, 5.74) is 0.593. The molecule has 1 aromatic rings. The molecule has 0 saturated carbocycles. The summed E-state index contributed by atoms with van der Waals surface area (Å²) < 4.78 is 5.18. The average Bonchev–Trinajstić information content (AvgIpc) is 2.50. The van der Waals surface area contributed by atoms with Crippen molar-refractivity contribution >= 4 is 11.8 Å². The lowest BCUT2D eigenvalue weighted by molar-refractivity contribution is -0.114. The summed E-state index contributed by atoms with van der Waals surface area (Å²) in [6, 6.07) is 9.01. The van der Waals surface area contributed by atoms with E-state index in [2.05, 4.69) is 6.58 Å². The van der Waals surface area contributed by atoms with Gasteiger partial charge in [0.05, 0.1) is 12.2 Å². The maximum Gasteiger partial charge on any atom is 0.338 e. The van der Waals surface area contributed by atoms with Gasteiger partial charge in [0, 0.05) is 6.42 Å². The summed E-state index contributed by atoms with van der Waals surface area (Å²) in [4.78, 5) is 22.6. The van der Waals surface area contributed by atoms with E-state index < -0.39 is 0 Å². The Kier molecular flexibility index (Phi) is 8.04. The molecule has 0 radical (unpaired) electrons. The second-order valence-corrected chi connectivity index (χ2v) is 4.69. The lowest BCUT2D eigenvalue weighted by Gasteiger charge is -2.04. The highest BCUT2D eigenvalue weighted by Gasteiger charge is 2.04. The summed E-state index contributed by atoms with van der Waals surface area (Å²) in [5, 5.41) is 0. The standard InChI is InChI=1S/C17H22O3/c1-2-16(18)13-9-4-3-5-10-14-20-17(19)15-11-7-6-8-12-15/h2,6-8,11-12H,1,3-5,9-10,13-14H2. The number of benzene rings is 1. The first-order valence-electron chi connectivity index (χ1n) is 7.11. The van der Waals surface area contributed by atoms with Crippen molar-refractivity contribution in [3.63, 3.8) is 0 Å². The van der Waals surface area contributed by atoms with Gasteiger partial charge in [0.1, 0.15) is 0 Å². The molecule has 0 spiro atoms. The second kappa shape index (κ2) is 9.96. The lowest BCUT2D eigenvalue weighted by Crippen LogP contribution is -2.06. The van der Waals surface area contributed by atoms with Crippen LogP contribution in [0.4, 0.5) is 0 Å². The van der Waals surface area contributed by atoms with Crippen molar-refractivity contribution in [2.24, 2.45) is 0 Å². The van der Waals surface area contributed by atoms with E-state index in [-0.39, 0.29) is 11.8 Å². The Morgan fingerprint density at radius 1 is 1.00 bits per heavy atom. The van der Waals surface area contributed by atoms with Gasteiger partial charge in [0.25, 0.3) is 0 Å². The van der Waals surface area contributed by atoms with Crippen LogP contribution in [0, 0.1) is 0 Å². The monoisotopic (exact) mass is 274 g/mol. The zero-order valence-corrected chi connectivity index (χ0v) is 11.8. The first-order chi connectivity index (χ1) is 9.74. The molecule has 0 N–H and O–H groups in total. The van der Waals surface area contributed by atoms with E-state index in [1.165, 1.54) is 6.08 Å². The van der Waals surface area contributed by atoms with E-state index in [0.717, 1.165) is 32.1 Å². The molecule has 108 valence electrons. The first-order valence-corrected chi connectivity index (χ1v) is 7.11. The fourth-order valence-corrected chi connectivity index (χ4v) is 1.86. The second-order valence-electron chi connectivity index (χ2n) is 4.69. The minimum absolute atomic E-state index is 0.113. The van der Waals surface area contributed by atoms with Crippen LogP contribution in [0.15, 0.2) is 43.0 Å². The predicted molar refractivity (Wildman–Crippen MR) is 79.6 cm³/mol. The highest BCUT2D eigenvalue weighted by atomic mass is 16.5. The third-order valence-corrected chi connectivity index (χ3v) is 3.04. The Labute approximate surface area is 120 Å². The number of unbranched alkanes of at least 4 members (excludes halogenated alkanes) is 4. The topological polar surface area (TPSA) is 43.4 Å². The number of ether oxygens (including phenoxy) is 1. The Balaban J connectivity index is 1.98. The third-order valence-electron chi connectivity index (χ3n) is 3.04. The minimum Gasteiger partial charge on any atom is -0.462 e. The van der Waals surface area contributed by atoms with Gasteiger partial charge in [-0.25, -0.2) is 4.79 Å². The van der Waals surface area contributed by atoms with E-state index >= 15 is 0 Å². The quantitative estimate of drug-likeness (QED) is 0.369. The van der Waals surface area contributed by atoms with E-state index in [9.17, 15) is 9.59 Å². The van der Waals surface area contributed by atoms with Crippen LogP contribution in [0.5, 0.6) is 0 Å². The lowest BCUT2D eigenvalue weighted by atomic mass is 10.1.